The van der Waals surface area contributed by atoms with Crippen molar-refractivity contribution in [3.63, 3.8) is 0 Å². The van der Waals surface area contributed by atoms with Gasteiger partial charge in [-0.3, -0.25) is 4.79 Å². The van der Waals surface area contributed by atoms with E-state index in [0.29, 0.717) is 16.0 Å². The van der Waals surface area contributed by atoms with E-state index in [-0.39, 0.29) is 11.6 Å². The molecule has 3 nitrogen and oxygen atoms in total. The van der Waals surface area contributed by atoms with Gasteiger partial charge in [-0.2, -0.15) is 0 Å². The van der Waals surface area contributed by atoms with Crippen molar-refractivity contribution in [2.75, 3.05) is 18.8 Å². The number of nitrogens with two attached hydrogens (primary N) is 1. The molecule has 1 amide bonds. The van der Waals surface area contributed by atoms with E-state index in [1.807, 2.05) is 4.90 Å². The summed E-state index contributed by atoms with van der Waals surface area (Å²) < 4.78 is 13.7. The number of amides is 1. The van der Waals surface area contributed by atoms with Gasteiger partial charge in [-0.25, -0.2) is 4.39 Å². The fourth-order valence-corrected chi connectivity index (χ4v) is 2.93. The first kappa shape index (κ1) is 14.3. The molecule has 5 heteroatoms. The molecule has 19 heavy (non-hydrogen) atoms. The lowest BCUT2D eigenvalue weighted by molar-refractivity contribution is 0.0688. The summed E-state index contributed by atoms with van der Waals surface area (Å²) in [6, 6.07) is 2.66. The second-order valence-electron chi connectivity index (χ2n) is 5.00. The van der Waals surface area contributed by atoms with Crippen LogP contribution in [-0.2, 0) is 0 Å². The van der Waals surface area contributed by atoms with Gasteiger partial charge in [-0.05, 0) is 46.8 Å². The van der Waals surface area contributed by atoms with Gasteiger partial charge in [0.05, 0.1) is 11.3 Å². The van der Waals surface area contributed by atoms with Crippen LogP contribution in [0.2, 0.25) is 0 Å². The monoisotopic (exact) mass is 328 g/mol. The van der Waals surface area contributed by atoms with Gasteiger partial charge in [-0.15, -0.1) is 0 Å². The van der Waals surface area contributed by atoms with Crippen LogP contribution in [0.5, 0.6) is 0 Å². The number of benzene rings is 1. The van der Waals surface area contributed by atoms with Gasteiger partial charge in [0.2, 0.25) is 0 Å². The van der Waals surface area contributed by atoms with Crippen molar-refractivity contribution in [3.8, 4) is 0 Å². The first-order chi connectivity index (χ1) is 9.02. The average Bonchev–Trinajstić information content (AvgIpc) is 2.42. The van der Waals surface area contributed by atoms with Gasteiger partial charge >= 0.3 is 0 Å². The number of nitrogen functional groups attached to an aromatic ring is 1. The van der Waals surface area contributed by atoms with Crippen molar-refractivity contribution in [2.24, 2.45) is 5.92 Å². The standard InChI is InChI=1S/C14H18BrFN2O/c1-2-9-3-5-18(6-4-9)14(19)10-7-13(17)12(16)8-11(10)15/h7-9H,2-6,17H2,1H3. The maximum Gasteiger partial charge on any atom is 0.255 e. The third-order valence-electron chi connectivity index (χ3n) is 3.80. The van der Waals surface area contributed by atoms with E-state index in [4.69, 9.17) is 5.73 Å². The fraction of sp³-hybridized carbons (Fsp3) is 0.500. The third-order valence-corrected chi connectivity index (χ3v) is 4.45. The number of nitrogens with zero attached hydrogens (tertiary/aromatic N) is 1. The number of anilines is 1. The van der Waals surface area contributed by atoms with Crippen molar-refractivity contribution in [3.05, 3.63) is 28.0 Å². The molecule has 1 aliphatic heterocycles. The van der Waals surface area contributed by atoms with Crippen LogP contribution in [0.25, 0.3) is 0 Å². The molecular formula is C14H18BrFN2O. The second-order valence-corrected chi connectivity index (χ2v) is 5.85. The predicted molar refractivity (Wildman–Crippen MR) is 77.4 cm³/mol. The summed E-state index contributed by atoms with van der Waals surface area (Å²) in [6.45, 7) is 3.71. The minimum absolute atomic E-state index is 0.00925. The minimum Gasteiger partial charge on any atom is -0.396 e. The highest BCUT2D eigenvalue weighted by molar-refractivity contribution is 9.10. The number of carbonyl (C=O) groups is 1. The second kappa shape index (κ2) is 5.90. The van der Waals surface area contributed by atoms with E-state index < -0.39 is 5.82 Å². The zero-order valence-corrected chi connectivity index (χ0v) is 12.5. The van der Waals surface area contributed by atoms with Gasteiger partial charge in [0, 0.05) is 17.6 Å². The molecule has 1 fully saturated rings. The molecule has 2 N–H and O–H groups in total. The number of carbonyl (C=O) groups excluding carboxylic acids is 1. The normalized spacial score (nSPS) is 16.7. The first-order valence-electron chi connectivity index (χ1n) is 6.56. The molecule has 0 atom stereocenters. The predicted octanol–water partition coefficient (Wildman–Crippen LogP) is 3.43. The summed E-state index contributed by atoms with van der Waals surface area (Å²) in [4.78, 5) is 14.2. The number of halogens is 2. The van der Waals surface area contributed by atoms with E-state index in [9.17, 15) is 9.18 Å². The number of piperidine rings is 1. The summed E-state index contributed by atoms with van der Waals surface area (Å²) in [7, 11) is 0. The van der Waals surface area contributed by atoms with Gasteiger partial charge in [0.15, 0.2) is 0 Å². The molecular weight excluding hydrogens is 311 g/mol. The highest BCUT2D eigenvalue weighted by Gasteiger charge is 2.24. The minimum atomic E-state index is -0.506. The highest BCUT2D eigenvalue weighted by atomic mass is 79.9. The van der Waals surface area contributed by atoms with Gasteiger partial charge in [0.1, 0.15) is 5.82 Å². The van der Waals surface area contributed by atoms with Crippen LogP contribution in [0, 0.1) is 11.7 Å². The van der Waals surface area contributed by atoms with Crippen LogP contribution < -0.4 is 5.73 Å². The zero-order valence-electron chi connectivity index (χ0n) is 11.0. The molecule has 1 aliphatic rings. The maximum absolute atomic E-state index is 13.3. The molecule has 0 spiro atoms. The lowest BCUT2D eigenvalue weighted by atomic mass is 9.94. The molecule has 1 heterocycles. The van der Waals surface area contributed by atoms with Crippen molar-refractivity contribution in [1.82, 2.24) is 4.90 Å². The lowest BCUT2D eigenvalue weighted by Gasteiger charge is -2.31. The van der Waals surface area contributed by atoms with Crippen LogP contribution in [0.3, 0.4) is 0 Å². The van der Waals surface area contributed by atoms with E-state index in [1.54, 1.807) is 0 Å². The molecule has 2 rings (SSSR count). The molecule has 1 saturated heterocycles. The first-order valence-corrected chi connectivity index (χ1v) is 7.36. The fourth-order valence-electron chi connectivity index (χ4n) is 2.44. The average molecular weight is 329 g/mol. The molecule has 0 radical (unpaired) electrons. The molecule has 0 bridgehead atoms. The molecule has 0 saturated carbocycles. The summed E-state index contributed by atoms with van der Waals surface area (Å²) in [5, 5.41) is 0. The molecule has 0 unspecified atom stereocenters. The number of hydrogen-bond acceptors (Lipinski definition) is 2. The maximum atomic E-state index is 13.3. The summed E-state index contributed by atoms with van der Waals surface area (Å²) in [6.07, 6.45) is 3.24. The van der Waals surface area contributed by atoms with Crippen molar-refractivity contribution in [1.29, 1.82) is 0 Å². The molecule has 0 aliphatic carbocycles. The SMILES string of the molecule is CCC1CCN(C(=O)c2cc(N)c(F)cc2Br)CC1. The Hall–Kier alpha value is -1.10. The number of rotatable bonds is 2. The number of hydrogen-bond donors (Lipinski definition) is 1. The van der Waals surface area contributed by atoms with Crippen LogP contribution in [0.1, 0.15) is 36.5 Å². The Morgan fingerprint density at radius 3 is 2.68 bits per heavy atom. The Kier molecular flexibility index (Phi) is 4.45. The van der Waals surface area contributed by atoms with Crippen molar-refractivity contribution < 1.29 is 9.18 Å². The summed E-state index contributed by atoms with van der Waals surface area (Å²) in [5.41, 5.74) is 5.98. The van der Waals surface area contributed by atoms with Crippen LogP contribution in [-0.4, -0.2) is 23.9 Å². The largest absolute Gasteiger partial charge is 0.396 e. The Bertz CT molecular complexity index is 485. The Morgan fingerprint density at radius 1 is 1.47 bits per heavy atom. The van der Waals surface area contributed by atoms with E-state index in [0.717, 1.165) is 32.4 Å². The highest BCUT2D eigenvalue weighted by Crippen LogP contribution is 2.26. The molecule has 0 aromatic heterocycles. The van der Waals surface area contributed by atoms with Gasteiger partial charge in [0.25, 0.3) is 5.91 Å². The summed E-state index contributed by atoms with van der Waals surface area (Å²) >= 11 is 3.23. The Morgan fingerprint density at radius 2 is 2.11 bits per heavy atom. The third kappa shape index (κ3) is 3.08. The van der Waals surface area contributed by atoms with Gasteiger partial charge < -0.3 is 10.6 Å². The Balaban J connectivity index is 2.14. The van der Waals surface area contributed by atoms with Crippen LogP contribution >= 0.6 is 15.9 Å². The van der Waals surface area contributed by atoms with Gasteiger partial charge in [-0.1, -0.05) is 13.3 Å². The quantitative estimate of drug-likeness (QED) is 0.845. The van der Waals surface area contributed by atoms with Crippen molar-refractivity contribution >= 4 is 27.5 Å². The smallest absolute Gasteiger partial charge is 0.255 e. The zero-order chi connectivity index (χ0) is 14.0. The van der Waals surface area contributed by atoms with E-state index in [1.165, 1.54) is 12.1 Å². The van der Waals surface area contributed by atoms with Crippen LogP contribution in [0.15, 0.2) is 16.6 Å². The van der Waals surface area contributed by atoms with E-state index >= 15 is 0 Å². The summed E-state index contributed by atoms with van der Waals surface area (Å²) in [5.74, 6) is 0.132. The lowest BCUT2D eigenvalue weighted by Crippen LogP contribution is -2.38. The molecule has 1 aromatic carbocycles. The molecule has 1 aromatic rings. The molecule has 104 valence electrons. The number of likely N-dealkylation sites (tertiary alicyclic amines) is 1. The topological polar surface area (TPSA) is 46.3 Å². The Labute approximate surface area is 121 Å². The van der Waals surface area contributed by atoms with E-state index in [2.05, 4.69) is 22.9 Å². The van der Waals surface area contributed by atoms with Crippen LogP contribution in [0.4, 0.5) is 10.1 Å². The van der Waals surface area contributed by atoms with Crippen molar-refractivity contribution in [2.45, 2.75) is 26.2 Å².